The lowest BCUT2D eigenvalue weighted by Crippen LogP contribution is -2.56. The highest BCUT2D eigenvalue weighted by Crippen LogP contribution is 2.68. The van der Waals surface area contributed by atoms with Gasteiger partial charge < -0.3 is 10.2 Å². The van der Waals surface area contributed by atoms with Crippen molar-refractivity contribution in [3.05, 3.63) is 12.2 Å². The van der Waals surface area contributed by atoms with E-state index < -0.39 is 5.60 Å². The molecule has 0 aromatic rings. The number of fused-ring (bicyclic) bond motifs is 5. The number of rotatable bonds is 0. The van der Waals surface area contributed by atoms with Crippen LogP contribution in [0.3, 0.4) is 0 Å². The van der Waals surface area contributed by atoms with Gasteiger partial charge in [0.1, 0.15) is 0 Å². The molecular formula is C21H34O2. The van der Waals surface area contributed by atoms with Crippen molar-refractivity contribution in [2.24, 2.45) is 34.5 Å². The van der Waals surface area contributed by atoms with Gasteiger partial charge in [-0.15, -0.1) is 0 Å². The molecule has 2 nitrogen and oxygen atoms in total. The van der Waals surface area contributed by atoms with E-state index in [1.54, 1.807) is 0 Å². The maximum atomic E-state index is 11.0. The summed E-state index contributed by atoms with van der Waals surface area (Å²) >= 11 is 0. The second kappa shape index (κ2) is 4.85. The molecule has 0 spiro atoms. The van der Waals surface area contributed by atoms with Crippen molar-refractivity contribution in [1.29, 1.82) is 0 Å². The Morgan fingerprint density at radius 3 is 2.43 bits per heavy atom. The van der Waals surface area contributed by atoms with E-state index in [4.69, 9.17) is 0 Å². The van der Waals surface area contributed by atoms with Crippen LogP contribution in [0.25, 0.3) is 0 Å². The molecule has 2 heteroatoms. The van der Waals surface area contributed by atoms with Crippen LogP contribution < -0.4 is 0 Å². The zero-order valence-corrected chi connectivity index (χ0v) is 15.1. The molecule has 0 saturated heterocycles. The van der Waals surface area contributed by atoms with Gasteiger partial charge in [-0.2, -0.15) is 0 Å². The summed E-state index contributed by atoms with van der Waals surface area (Å²) in [5.74, 6) is 2.88. The lowest BCUT2D eigenvalue weighted by molar-refractivity contribution is -0.146. The smallest absolute Gasteiger partial charge is 0.0750 e. The van der Waals surface area contributed by atoms with Crippen LogP contribution in [0, 0.1) is 34.5 Å². The van der Waals surface area contributed by atoms with Crippen LogP contribution in [0.1, 0.15) is 72.1 Å². The molecule has 0 aromatic carbocycles. The molecule has 23 heavy (non-hydrogen) atoms. The van der Waals surface area contributed by atoms with E-state index in [0.29, 0.717) is 17.3 Å². The molecule has 130 valence electrons. The maximum absolute atomic E-state index is 11.0. The monoisotopic (exact) mass is 318 g/mol. The van der Waals surface area contributed by atoms with Crippen LogP contribution in [0.4, 0.5) is 0 Å². The molecule has 0 unspecified atom stereocenters. The standard InChI is InChI=1S/C21H34O2/c1-13-12-19(2)14(11-18(13)22)5-6-15-16(19)7-9-20(3)17(15)8-10-21(20,4)23/h14-18,22-23H,1,5-12H2,2-4H3/t14-,15+,16-,17-,18+,19-,20-,21+/m0/s1. The third-order valence-corrected chi connectivity index (χ3v) is 9.21. The predicted octanol–water partition coefficient (Wildman–Crippen LogP) is 4.31. The Morgan fingerprint density at radius 2 is 1.70 bits per heavy atom. The van der Waals surface area contributed by atoms with Gasteiger partial charge in [-0.3, -0.25) is 0 Å². The highest BCUT2D eigenvalue weighted by Gasteiger charge is 2.63. The Hall–Kier alpha value is -0.340. The van der Waals surface area contributed by atoms with Crippen LogP contribution in [0.2, 0.25) is 0 Å². The van der Waals surface area contributed by atoms with E-state index in [0.717, 1.165) is 36.7 Å². The fourth-order valence-electron chi connectivity index (χ4n) is 7.48. The Balaban J connectivity index is 1.66. The van der Waals surface area contributed by atoms with E-state index in [9.17, 15) is 10.2 Å². The molecule has 0 aromatic heterocycles. The second-order valence-corrected chi connectivity index (χ2v) is 10.0. The first-order chi connectivity index (χ1) is 10.7. The van der Waals surface area contributed by atoms with Crippen molar-refractivity contribution in [2.75, 3.05) is 0 Å². The topological polar surface area (TPSA) is 40.5 Å². The Bertz CT molecular complexity index is 524. The SMILES string of the molecule is C=C1C[C@@]2(C)[C@@H](CC[C@@H]3[C@@H]2CC[C@@]2(C)[C@H]3CC[C@@]2(C)O)C[C@H]1O. The molecular weight excluding hydrogens is 284 g/mol. The van der Waals surface area contributed by atoms with Gasteiger partial charge in [0, 0.05) is 0 Å². The highest BCUT2D eigenvalue weighted by atomic mass is 16.3. The van der Waals surface area contributed by atoms with Gasteiger partial charge >= 0.3 is 0 Å². The lowest BCUT2D eigenvalue weighted by Gasteiger charge is -2.61. The first kappa shape index (κ1) is 16.1. The Kier molecular flexibility index (Phi) is 3.40. The number of hydrogen-bond acceptors (Lipinski definition) is 2. The van der Waals surface area contributed by atoms with Crippen LogP contribution in [0.15, 0.2) is 12.2 Å². The molecule has 2 N–H and O–H groups in total. The molecule has 4 saturated carbocycles. The minimum Gasteiger partial charge on any atom is -0.390 e. The zero-order valence-electron chi connectivity index (χ0n) is 15.1. The normalized spacial score (nSPS) is 59.2. The maximum Gasteiger partial charge on any atom is 0.0750 e. The van der Waals surface area contributed by atoms with Crippen LogP contribution in [-0.4, -0.2) is 21.9 Å². The van der Waals surface area contributed by atoms with Gasteiger partial charge in [-0.1, -0.05) is 20.4 Å². The molecule has 4 rings (SSSR count). The average Bonchev–Trinajstić information content (AvgIpc) is 2.71. The van der Waals surface area contributed by atoms with E-state index >= 15 is 0 Å². The predicted molar refractivity (Wildman–Crippen MR) is 92.9 cm³/mol. The van der Waals surface area contributed by atoms with Crippen molar-refractivity contribution in [3.63, 3.8) is 0 Å². The fraction of sp³-hybridized carbons (Fsp3) is 0.905. The molecule has 4 aliphatic carbocycles. The van der Waals surface area contributed by atoms with E-state index in [2.05, 4.69) is 27.4 Å². The number of aliphatic hydroxyl groups is 2. The fourth-order valence-corrected chi connectivity index (χ4v) is 7.48. The van der Waals surface area contributed by atoms with Crippen molar-refractivity contribution >= 4 is 0 Å². The Labute approximate surface area is 141 Å². The Morgan fingerprint density at radius 1 is 1.00 bits per heavy atom. The summed E-state index contributed by atoms with van der Waals surface area (Å²) in [5, 5.41) is 21.2. The number of aliphatic hydroxyl groups excluding tert-OH is 1. The number of hydrogen-bond donors (Lipinski definition) is 2. The average molecular weight is 319 g/mol. The molecule has 0 aliphatic heterocycles. The zero-order chi connectivity index (χ0) is 16.6. The summed E-state index contributed by atoms with van der Waals surface area (Å²) in [4.78, 5) is 0. The highest BCUT2D eigenvalue weighted by molar-refractivity contribution is 5.18. The van der Waals surface area contributed by atoms with Gasteiger partial charge in [0.2, 0.25) is 0 Å². The molecule has 4 aliphatic rings. The van der Waals surface area contributed by atoms with Crippen LogP contribution in [-0.2, 0) is 0 Å². The molecule has 0 radical (unpaired) electrons. The first-order valence-corrected chi connectivity index (χ1v) is 9.77. The van der Waals surface area contributed by atoms with Crippen molar-refractivity contribution in [2.45, 2.75) is 83.8 Å². The first-order valence-electron chi connectivity index (χ1n) is 9.77. The van der Waals surface area contributed by atoms with E-state index in [1.165, 1.54) is 32.1 Å². The summed E-state index contributed by atoms with van der Waals surface area (Å²) in [7, 11) is 0. The summed E-state index contributed by atoms with van der Waals surface area (Å²) in [6.07, 6.45) is 8.84. The van der Waals surface area contributed by atoms with E-state index in [-0.39, 0.29) is 11.5 Å². The summed E-state index contributed by atoms with van der Waals surface area (Å²) in [6, 6.07) is 0. The van der Waals surface area contributed by atoms with Gasteiger partial charge in [0.05, 0.1) is 11.7 Å². The molecule has 8 atom stereocenters. The summed E-state index contributed by atoms with van der Waals surface area (Å²) < 4.78 is 0. The second-order valence-electron chi connectivity index (χ2n) is 10.0. The van der Waals surface area contributed by atoms with Crippen molar-refractivity contribution in [1.82, 2.24) is 0 Å². The quantitative estimate of drug-likeness (QED) is 0.654. The lowest BCUT2D eigenvalue weighted by atomic mass is 9.44. The van der Waals surface area contributed by atoms with Gasteiger partial charge in [0.15, 0.2) is 0 Å². The molecule has 0 bridgehead atoms. The largest absolute Gasteiger partial charge is 0.390 e. The summed E-state index contributed by atoms with van der Waals surface area (Å²) in [6.45, 7) is 11.1. The van der Waals surface area contributed by atoms with Crippen LogP contribution in [0.5, 0.6) is 0 Å². The third-order valence-electron chi connectivity index (χ3n) is 9.21. The van der Waals surface area contributed by atoms with Crippen molar-refractivity contribution in [3.8, 4) is 0 Å². The van der Waals surface area contributed by atoms with Gasteiger partial charge in [-0.25, -0.2) is 0 Å². The van der Waals surface area contributed by atoms with E-state index in [1.807, 2.05) is 0 Å². The third kappa shape index (κ3) is 2.00. The van der Waals surface area contributed by atoms with Gasteiger partial charge in [-0.05, 0) is 98.4 Å². The minimum absolute atomic E-state index is 0.114. The van der Waals surface area contributed by atoms with Crippen LogP contribution >= 0.6 is 0 Å². The summed E-state index contributed by atoms with van der Waals surface area (Å²) in [5.41, 5.74) is 1.03. The van der Waals surface area contributed by atoms with Crippen molar-refractivity contribution < 1.29 is 10.2 Å². The molecule has 0 amide bonds. The molecule has 0 heterocycles. The minimum atomic E-state index is -0.479. The van der Waals surface area contributed by atoms with Gasteiger partial charge in [0.25, 0.3) is 0 Å². The molecule has 4 fully saturated rings.